The van der Waals surface area contributed by atoms with Crippen molar-refractivity contribution in [2.45, 2.75) is 12.5 Å². The van der Waals surface area contributed by atoms with Crippen LogP contribution in [0.2, 0.25) is 5.02 Å². The monoisotopic (exact) mass is 378 g/mol. The number of hydrogen-bond donors (Lipinski definition) is 2. The Labute approximate surface area is 133 Å². The first-order chi connectivity index (χ1) is 9.92. The fourth-order valence-corrected chi connectivity index (χ4v) is 2.71. The third-order valence-corrected chi connectivity index (χ3v) is 3.89. The average molecular weight is 380 g/mol. The molecule has 0 saturated carbocycles. The molecule has 2 aromatic carbocycles. The van der Waals surface area contributed by atoms with Gasteiger partial charge < -0.3 is 0 Å². The molecule has 0 heterocycles. The van der Waals surface area contributed by atoms with E-state index in [-0.39, 0.29) is 5.56 Å². The lowest BCUT2D eigenvalue weighted by atomic mass is 9.99. The second-order valence-corrected chi connectivity index (χ2v) is 5.78. The van der Waals surface area contributed by atoms with Crippen LogP contribution in [0.1, 0.15) is 17.2 Å². The maximum absolute atomic E-state index is 13.3. The van der Waals surface area contributed by atoms with Gasteiger partial charge in [-0.15, -0.1) is 0 Å². The minimum Gasteiger partial charge on any atom is -0.271 e. The SMILES string of the molecule is NNC(Cc1ccc(Br)cc1Cl)c1cc(F)c(F)c(F)c1. The molecule has 0 bridgehead atoms. The largest absolute Gasteiger partial charge is 0.271 e. The lowest BCUT2D eigenvalue weighted by Gasteiger charge is -2.18. The molecule has 0 fully saturated rings. The second kappa shape index (κ2) is 6.79. The predicted molar refractivity (Wildman–Crippen MR) is 79.2 cm³/mol. The van der Waals surface area contributed by atoms with Gasteiger partial charge in [-0.25, -0.2) is 13.2 Å². The average Bonchev–Trinajstić information content (AvgIpc) is 2.43. The van der Waals surface area contributed by atoms with Crippen molar-refractivity contribution in [2.75, 3.05) is 0 Å². The summed E-state index contributed by atoms with van der Waals surface area (Å²) in [5.74, 6) is 1.41. The van der Waals surface area contributed by atoms with E-state index in [4.69, 9.17) is 17.4 Å². The molecule has 1 atom stereocenters. The second-order valence-electron chi connectivity index (χ2n) is 4.46. The van der Waals surface area contributed by atoms with Crippen LogP contribution in [0, 0.1) is 17.5 Å². The Morgan fingerprint density at radius 3 is 2.29 bits per heavy atom. The van der Waals surface area contributed by atoms with Crippen molar-refractivity contribution in [1.29, 1.82) is 0 Å². The molecular formula is C14H11BrClF3N2. The van der Waals surface area contributed by atoms with Gasteiger partial charge in [0.25, 0.3) is 0 Å². The number of nitrogens with one attached hydrogen (secondary N) is 1. The lowest BCUT2D eigenvalue weighted by Crippen LogP contribution is -2.30. The topological polar surface area (TPSA) is 38.0 Å². The van der Waals surface area contributed by atoms with Crippen molar-refractivity contribution in [3.8, 4) is 0 Å². The third-order valence-electron chi connectivity index (χ3n) is 3.05. The summed E-state index contributed by atoms with van der Waals surface area (Å²) in [7, 11) is 0. The van der Waals surface area contributed by atoms with Gasteiger partial charge in [-0.1, -0.05) is 33.6 Å². The highest BCUT2D eigenvalue weighted by Crippen LogP contribution is 2.27. The molecule has 0 aliphatic carbocycles. The van der Waals surface area contributed by atoms with Crippen LogP contribution in [-0.4, -0.2) is 0 Å². The first-order valence-corrected chi connectivity index (χ1v) is 7.14. The zero-order chi connectivity index (χ0) is 15.6. The molecule has 7 heteroatoms. The fourth-order valence-electron chi connectivity index (χ4n) is 1.96. The van der Waals surface area contributed by atoms with Crippen molar-refractivity contribution in [3.05, 3.63) is 68.4 Å². The van der Waals surface area contributed by atoms with E-state index in [1.807, 2.05) is 0 Å². The highest BCUT2D eigenvalue weighted by Gasteiger charge is 2.18. The fraction of sp³-hybridized carbons (Fsp3) is 0.143. The van der Waals surface area contributed by atoms with E-state index < -0.39 is 23.5 Å². The summed E-state index contributed by atoms with van der Waals surface area (Å²) in [5, 5.41) is 0.493. The van der Waals surface area contributed by atoms with Gasteiger partial charge in [0.15, 0.2) is 17.5 Å². The maximum Gasteiger partial charge on any atom is 0.194 e. The van der Waals surface area contributed by atoms with Crippen LogP contribution in [-0.2, 0) is 6.42 Å². The Morgan fingerprint density at radius 2 is 1.76 bits per heavy atom. The van der Waals surface area contributed by atoms with Gasteiger partial charge in [0, 0.05) is 9.50 Å². The molecule has 0 radical (unpaired) electrons. The molecule has 1 unspecified atom stereocenters. The Balaban J connectivity index is 2.32. The first kappa shape index (κ1) is 16.3. The Hall–Kier alpha value is -1.08. The third kappa shape index (κ3) is 3.77. The molecule has 0 aliphatic heterocycles. The Morgan fingerprint density at radius 1 is 1.14 bits per heavy atom. The molecule has 21 heavy (non-hydrogen) atoms. The van der Waals surface area contributed by atoms with E-state index >= 15 is 0 Å². The van der Waals surface area contributed by atoms with Gasteiger partial charge in [-0.05, 0) is 41.8 Å². The Kier molecular flexibility index (Phi) is 5.27. The molecule has 3 N–H and O–H groups in total. The van der Waals surface area contributed by atoms with Gasteiger partial charge >= 0.3 is 0 Å². The number of rotatable bonds is 4. The molecule has 0 aromatic heterocycles. The number of halogens is 5. The normalized spacial score (nSPS) is 12.5. The van der Waals surface area contributed by atoms with Crippen LogP contribution in [0.25, 0.3) is 0 Å². The molecule has 2 nitrogen and oxygen atoms in total. The van der Waals surface area contributed by atoms with Crippen molar-refractivity contribution >= 4 is 27.5 Å². The van der Waals surface area contributed by atoms with E-state index in [1.54, 1.807) is 18.2 Å². The summed E-state index contributed by atoms with van der Waals surface area (Å²) in [6, 6.07) is 6.49. The first-order valence-electron chi connectivity index (χ1n) is 5.97. The van der Waals surface area contributed by atoms with E-state index in [9.17, 15) is 13.2 Å². The van der Waals surface area contributed by atoms with Gasteiger partial charge in [0.1, 0.15) is 0 Å². The van der Waals surface area contributed by atoms with Gasteiger partial charge in [0.2, 0.25) is 0 Å². The van der Waals surface area contributed by atoms with E-state index in [0.29, 0.717) is 11.4 Å². The summed E-state index contributed by atoms with van der Waals surface area (Å²) < 4.78 is 40.4. The van der Waals surface area contributed by atoms with Crippen molar-refractivity contribution in [1.82, 2.24) is 5.43 Å². The highest BCUT2D eigenvalue weighted by molar-refractivity contribution is 9.10. The summed E-state index contributed by atoms with van der Waals surface area (Å²) in [6.07, 6.45) is 0.299. The van der Waals surface area contributed by atoms with Crippen LogP contribution < -0.4 is 11.3 Å². The lowest BCUT2D eigenvalue weighted by molar-refractivity contribution is 0.439. The van der Waals surface area contributed by atoms with Gasteiger partial charge in [0.05, 0.1) is 6.04 Å². The van der Waals surface area contributed by atoms with Crippen molar-refractivity contribution in [2.24, 2.45) is 5.84 Å². The summed E-state index contributed by atoms with van der Waals surface area (Å²) >= 11 is 9.38. The predicted octanol–water partition coefficient (Wildman–Crippen LogP) is 4.27. The van der Waals surface area contributed by atoms with Crippen LogP contribution in [0.15, 0.2) is 34.8 Å². The van der Waals surface area contributed by atoms with E-state index in [1.165, 1.54) is 0 Å². The van der Waals surface area contributed by atoms with Crippen LogP contribution in [0.4, 0.5) is 13.2 Å². The maximum atomic E-state index is 13.3. The van der Waals surface area contributed by atoms with Crippen molar-refractivity contribution < 1.29 is 13.2 Å². The molecule has 2 rings (SSSR count). The van der Waals surface area contributed by atoms with Crippen LogP contribution >= 0.6 is 27.5 Å². The molecule has 0 saturated heterocycles. The van der Waals surface area contributed by atoms with Crippen LogP contribution in [0.5, 0.6) is 0 Å². The molecule has 0 amide bonds. The number of nitrogens with two attached hydrogens (primary N) is 1. The highest BCUT2D eigenvalue weighted by atomic mass is 79.9. The minimum absolute atomic E-state index is 0.202. The van der Waals surface area contributed by atoms with E-state index in [0.717, 1.165) is 22.2 Å². The minimum atomic E-state index is -1.50. The molecule has 0 aliphatic rings. The zero-order valence-corrected chi connectivity index (χ0v) is 13.0. The van der Waals surface area contributed by atoms with Crippen molar-refractivity contribution in [3.63, 3.8) is 0 Å². The number of hydrazine groups is 1. The summed E-state index contributed by atoms with van der Waals surface area (Å²) in [5.41, 5.74) is 3.40. The summed E-state index contributed by atoms with van der Waals surface area (Å²) in [4.78, 5) is 0. The Bertz CT molecular complexity index is 644. The molecular weight excluding hydrogens is 369 g/mol. The number of benzene rings is 2. The van der Waals surface area contributed by atoms with Gasteiger partial charge in [-0.2, -0.15) is 0 Å². The quantitative estimate of drug-likeness (QED) is 0.473. The summed E-state index contributed by atoms with van der Waals surface area (Å²) in [6.45, 7) is 0. The smallest absolute Gasteiger partial charge is 0.194 e. The molecule has 0 spiro atoms. The van der Waals surface area contributed by atoms with Crippen LogP contribution in [0.3, 0.4) is 0 Å². The van der Waals surface area contributed by atoms with E-state index in [2.05, 4.69) is 21.4 Å². The molecule has 2 aromatic rings. The zero-order valence-electron chi connectivity index (χ0n) is 10.6. The van der Waals surface area contributed by atoms with Gasteiger partial charge in [-0.3, -0.25) is 11.3 Å². The molecule has 112 valence electrons. The standard InChI is InChI=1S/C14H11BrClF3N2/c15-9-2-1-7(10(16)6-9)5-13(21-20)8-3-11(17)14(19)12(18)4-8/h1-4,6,13,21H,5,20H2. The number of hydrogen-bond acceptors (Lipinski definition) is 2.